The summed E-state index contributed by atoms with van der Waals surface area (Å²) < 4.78 is 10.2. The fourth-order valence-electron chi connectivity index (χ4n) is 2.95. The Labute approximate surface area is 151 Å². The van der Waals surface area contributed by atoms with Gasteiger partial charge in [-0.1, -0.05) is 29.8 Å². The molecule has 3 rings (SSSR count). The summed E-state index contributed by atoms with van der Waals surface area (Å²) in [6.45, 7) is 3.45. The molecule has 0 aliphatic carbocycles. The van der Waals surface area contributed by atoms with Gasteiger partial charge in [-0.15, -0.1) is 0 Å². The van der Waals surface area contributed by atoms with Crippen LogP contribution >= 0.6 is 0 Å². The zero-order chi connectivity index (χ0) is 18.9. The number of nitrogens with one attached hydrogen (secondary N) is 1. The monoisotopic (exact) mass is 353 g/mol. The molecule has 1 aliphatic rings. The van der Waals surface area contributed by atoms with Crippen LogP contribution in [0.15, 0.2) is 42.5 Å². The average molecular weight is 353 g/mol. The Hall–Kier alpha value is -3.15. The second-order valence-corrected chi connectivity index (χ2v) is 6.45. The van der Waals surface area contributed by atoms with E-state index in [2.05, 4.69) is 5.32 Å². The molecule has 0 aromatic heterocycles. The number of aryl methyl sites for hydroxylation is 1. The Balaban J connectivity index is 1.88. The number of carbonyl (C=O) groups is 3. The summed E-state index contributed by atoms with van der Waals surface area (Å²) in [6, 6.07) is 12.0. The molecule has 1 aliphatic heterocycles. The van der Waals surface area contributed by atoms with Crippen LogP contribution in [-0.2, 0) is 20.7 Å². The van der Waals surface area contributed by atoms with E-state index in [1.54, 1.807) is 37.3 Å². The zero-order valence-corrected chi connectivity index (χ0v) is 14.8. The van der Waals surface area contributed by atoms with Gasteiger partial charge in [-0.05, 0) is 37.6 Å². The first-order valence-electron chi connectivity index (χ1n) is 8.16. The van der Waals surface area contributed by atoms with E-state index in [1.807, 2.05) is 19.1 Å². The minimum absolute atomic E-state index is 0.227. The van der Waals surface area contributed by atoms with E-state index in [0.29, 0.717) is 11.3 Å². The fraction of sp³-hybridized carbons (Fsp3) is 0.250. The van der Waals surface area contributed by atoms with Gasteiger partial charge in [-0.2, -0.15) is 0 Å². The lowest BCUT2D eigenvalue weighted by atomic mass is 9.88. The highest BCUT2D eigenvalue weighted by Gasteiger charge is 2.43. The lowest BCUT2D eigenvalue weighted by molar-refractivity contribution is -0.134. The molecule has 0 spiro atoms. The molecular formula is C20H19NO5. The maximum absolute atomic E-state index is 12.8. The molecule has 6 heteroatoms. The number of hydrogen-bond acceptors (Lipinski definition) is 5. The van der Waals surface area contributed by atoms with Crippen molar-refractivity contribution in [1.82, 2.24) is 0 Å². The largest absolute Gasteiger partial charge is 0.465 e. The highest BCUT2D eigenvalue weighted by molar-refractivity contribution is 6.06. The van der Waals surface area contributed by atoms with Crippen LogP contribution in [0.2, 0.25) is 0 Å². The molecule has 0 radical (unpaired) electrons. The van der Waals surface area contributed by atoms with Gasteiger partial charge in [0.15, 0.2) is 5.60 Å². The van der Waals surface area contributed by atoms with E-state index in [9.17, 15) is 14.4 Å². The first-order chi connectivity index (χ1) is 12.3. The van der Waals surface area contributed by atoms with Crippen LogP contribution in [0.1, 0.15) is 38.8 Å². The number of fused-ring (bicyclic) bond motifs is 1. The highest BCUT2D eigenvalue weighted by atomic mass is 16.6. The Bertz CT molecular complexity index is 905. The highest BCUT2D eigenvalue weighted by Crippen LogP contribution is 2.30. The Kier molecular flexibility index (Phi) is 4.50. The number of amides is 1. The summed E-state index contributed by atoms with van der Waals surface area (Å²) in [6.07, 6.45) is 0.251. The van der Waals surface area contributed by atoms with Crippen molar-refractivity contribution in [3.05, 3.63) is 64.7 Å². The average Bonchev–Trinajstić information content (AvgIpc) is 2.62. The van der Waals surface area contributed by atoms with E-state index in [0.717, 1.165) is 11.1 Å². The van der Waals surface area contributed by atoms with Gasteiger partial charge in [0.25, 0.3) is 5.91 Å². The quantitative estimate of drug-likeness (QED) is 0.858. The third-order valence-corrected chi connectivity index (χ3v) is 4.39. The molecule has 1 unspecified atom stereocenters. The SMILES string of the molecule is COC(=O)c1ccccc1NC(=O)C1(C)Cc2ccc(C)cc2C(=O)O1. The molecule has 1 atom stereocenters. The molecule has 0 bridgehead atoms. The van der Waals surface area contributed by atoms with Gasteiger partial charge in [0, 0.05) is 6.42 Å². The molecule has 2 aromatic carbocycles. The normalized spacial score (nSPS) is 18.5. The van der Waals surface area contributed by atoms with Crippen LogP contribution in [0.5, 0.6) is 0 Å². The molecule has 1 N–H and O–H groups in total. The first kappa shape index (κ1) is 17.7. The maximum atomic E-state index is 12.8. The van der Waals surface area contributed by atoms with Crippen molar-refractivity contribution in [3.63, 3.8) is 0 Å². The van der Waals surface area contributed by atoms with E-state index in [1.165, 1.54) is 7.11 Å². The van der Waals surface area contributed by atoms with E-state index < -0.39 is 23.4 Å². The van der Waals surface area contributed by atoms with Crippen molar-refractivity contribution in [2.75, 3.05) is 12.4 Å². The summed E-state index contributed by atoms with van der Waals surface area (Å²) in [5.41, 5.74) is 1.33. The standard InChI is InChI=1S/C20H19NO5/c1-12-8-9-13-11-20(2,26-18(23)15(13)10-12)19(24)21-16-7-5-4-6-14(16)17(22)25-3/h4-10H,11H2,1-3H3,(H,21,24). The van der Waals surface area contributed by atoms with Crippen molar-refractivity contribution in [1.29, 1.82) is 0 Å². The van der Waals surface area contributed by atoms with Gasteiger partial charge in [-0.3, -0.25) is 4.79 Å². The second-order valence-electron chi connectivity index (χ2n) is 6.45. The number of para-hydroxylation sites is 1. The summed E-state index contributed by atoms with van der Waals surface area (Å²) in [5.74, 6) is -1.60. The Morgan fingerprint density at radius 1 is 1.19 bits per heavy atom. The second kappa shape index (κ2) is 6.63. The van der Waals surface area contributed by atoms with Gasteiger partial charge in [-0.25, -0.2) is 9.59 Å². The van der Waals surface area contributed by atoms with Crippen molar-refractivity contribution in [2.45, 2.75) is 25.9 Å². The third-order valence-electron chi connectivity index (χ3n) is 4.39. The van der Waals surface area contributed by atoms with Crippen LogP contribution in [0.25, 0.3) is 0 Å². The van der Waals surface area contributed by atoms with E-state index in [4.69, 9.17) is 9.47 Å². The third kappa shape index (κ3) is 3.18. The number of rotatable bonds is 3. The molecule has 1 heterocycles. The lowest BCUT2D eigenvalue weighted by Gasteiger charge is -2.33. The summed E-state index contributed by atoms with van der Waals surface area (Å²) in [4.78, 5) is 37.1. The van der Waals surface area contributed by atoms with Crippen molar-refractivity contribution < 1.29 is 23.9 Å². The molecule has 0 saturated heterocycles. The minimum Gasteiger partial charge on any atom is -0.465 e. The number of anilines is 1. The van der Waals surface area contributed by atoms with Crippen molar-refractivity contribution >= 4 is 23.5 Å². The number of benzene rings is 2. The van der Waals surface area contributed by atoms with Gasteiger partial charge in [0.2, 0.25) is 0 Å². The number of cyclic esters (lactones) is 1. The molecule has 0 saturated carbocycles. The minimum atomic E-state index is -1.37. The molecule has 0 fully saturated rings. The molecular weight excluding hydrogens is 334 g/mol. The molecule has 26 heavy (non-hydrogen) atoms. The Morgan fingerprint density at radius 3 is 2.65 bits per heavy atom. The summed E-state index contributed by atoms with van der Waals surface area (Å²) in [7, 11) is 1.27. The topological polar surface area (TPSA) is 81.7 Å². The predicted molar refractivity (Wildman–Crippen MR) is 95.1 cm³/mol. The molecule has 134 valence electrons. The van der Waals surface area contributed by atoms with Crippen molar-refractivity contribution in [3.8, 4) is 0 Å². The molecule has 1 amide bonds. The fourth-order valence-corrected chi connectivity index (χ4v) is 2.95. The van der Waals surface area contributed by atoms with Crippen LogP contribution in [-0.4, -0.2) is 30.6 Å². The number of ether oxygens (including phenoxy) is 2. The number of esters is 2. The predicted octanol–water partition coefficient (Wildman–Crippen LogP) is 2.89. The van der Waals surface area contributed by atoms with Gasteiger partial charge in [0.05, 0.1) is 23.9 Å². The smallest absolute Gasteiger partial charge is 0.339 e. The van der Waals surface area contributed by atoms with E-state index in [-0.39, 0.29) is 12.0 Å². The first-order valence-corrected chi connectivity index (χ1v) is 8.16. The number of hydrogen-bond donors (Lipinski definition) is 1. The van der Waals surface area contributed by atoms with E-state index >= 15 is 0 Å². The summed E-state index contributed by atoms with van der Waals surface area (Å²) in [5, 5.41) is 2.68. The van der Waals surface area contributed by atoms with Crippen LogP contribution < -0.4 is 5.32 Å². The number of carbonyl (C=O) groups excluding carboxylic acids is 3. The van der Waals surface area contributed by atoms with Gasteiger partial charge in [0.1, 0.15) is 0 Å². The summed E-state index contributed by atoms with van der Waals surface area (Å²) >= 11 is 0. The van der Waals surface area contributed by atoms with Crippen molar-refractivity contribution in [2.24, 2.45) is 0 Å². The van der Waals surface area contributed by atoms with Gasteiger partial charge < -0.3 is 14.8 Å². The van der Waals surface area contributed by atoms with Gasteiger partial charge >= 0.3 is 11.9 Å². The van der Waals surface area contributed by atoms with Crippen LogP contribution in [0.3, 0.4) is 0 Å². The number of methoxy groups -OCH3 is 1. The van der Waals surface area contributed by atoms with Crippen LogP contribution in [0, 0.1) is 6.92 Å². The maximum Gasteiger partial charge on any atom is 0.339 e. The lowest BCUT2D eigenvalue weighted by Crippen LogP contribution is -2.49. The molecule has 2 aromatic rings. The molecule has 6 nitrogen and oxygen atoms in total. The Morgan fingerprint density at radius 2 is 1.92 bits per heavy atom. The zero-order valence-electron chi connectivity index (χ0n) is 14.8. The van der Waals surface area contributed by atoms with Crippen LogP contribution in [0.4, 0.5) is 5.69 Å².